The van der Waals surface area contributed by atoms with E-state index in [1.54, 1.807) is 18.2 Å². The fourth-order valence-corrected chi connectivity index (χ4v) is 4.19. The zero-order valence-corrected chi connectivity index (χ0v) is 13.9. The number of benzene rings is 2. The van der Waals surface area contributed by atoms with E-state index < -0.39 is 10.0 Å². The molecule has 0 heterocycles. The Morgan fingerprint density at radius 2 is 1.82 bits per heavy atom. The highest BCUT2D eigenvalue weighted by molar-refractivity contribution is 7.89. The molecule has 0 aliphatic rings. The van der Waals surface area contributed by atoms with Gasteiger partial charge in [0.25, 0.3) is 0 Å². The van der Waals surface area contributed by atoms with Crippen LogP contribution in [0.3, 0.4) is 0 Å². The molecule has 2 aromatic rings. The molecule has 0 aliphatic carbocycles. The van der Waals surface area contributed by atoms with Gasteiger partial charge in [-0.05, 0) is 30.2 Å². The lowest BCUT2D eigenvalue weighted by atomic mass is 10.2. The monoisotopic (exact) mass is 338 g/mol. The maximum absolute atomic E-state index is 12.8. The van der Waals surface area contributed by atoms with Crippen LogP contribution in [0, 0.1) is 6.92 Å². The normalized spacial score (nSPS) is 11.8. The summed E-state index contributed by atoms with van der Waals surface area (Å²) < 4.78 is 27.0. The molecule has 0 amide bonds. The highest BCUT2D eigenvalue weighted by Gasteiger charge is 2.26. The summed E-state index contributed by atoms with van der Waals surface area (Å²) >= 11 is 6.12. The predicted octanol–water partition coefficient (Wildman–Crippen LogP) is 2.80. The minimum absolute atomic E-state index is 0.115. The molecule has 118 valence electrons. The third-order valence-electron chi connectivity index (χ3n) is 3.29. The van der Waals surface area contributed by atoms with Crippen molar-refractivity contribution >= 4 is 21.6 Å². The van der Waals surface area contributed by atoms with Gasteiger partial charge in [0, 0.05) is 19.6 Å². The van der Waals surface area contributed by atoms with Crippen molar-refractivity contribution in [2.24, 2.45) is 5.73 Å². The van der Waals surface area contributed by atoms with Crippen LogP contribution >= 0.6 is 11.6 Å². The maximum Gasteiger partial charge on any atom is 0.244 e. The standard InChI is InChI=1S/C16H19ClN2O2S/c1-13-7-8-16(15(17)11-13)22(20,21)19(10-9-18)12-14-5-3-2-4-6-14/h2-8,11H,9-10,12,18H2,1H3. The smallest absolute Gasteiger partial charge is 0.244 e. The van der Waals surface area contributed by atoms with Crippen LogP contribution in [0.5, 0.6) is 0 Å². The first-order valence-electron chi connectivity index (χ1n) is 6.95. The molecule has 2 N–H and O–H groups in total. The third-order valence-corrected chi connectivity index (χ3v) is 5.61. The van der Waals surface area contributed by atoms with Gasteiger partial charge in [-0.3, -0.25) is 0 Å². The summed E-state index contributed by atoms with van der Waals surface area (Å²) in [7, 11) is -3.69. The first-order valence-corrected chi connectivity index (χ1v) is 8.77. The summed E-state index contributed by atoms with van der Waals surface area (Å²) in [6, 6.07) is 14.3. The maximum atomic E-state index is 12.8. The average Bonchev–Trinajstić information content (AvgIpc) is 2.47. The first-order chi connectivity index (χ1) is 10.4. The summed E-state index contributed by atoms with van der Waals surface area (Å²) in [6.07, 6.45) is 0. The van der Waals surface area contributed by atoms with Crippen molar-refractivity contribution in [2.45, 2.75) is 18.4 Å². The Bertz CT molecular complexity index is 733. The van der Waals surface area contributed by atoms with Crippen LogP contribution in [-0.2, 0) is 16.6 Å². The van der Waals surface area contributed by atoms with Crippen LogP contribution in [0.2, 0.25) is 5.02 Å². The van der Waals surface area contributed by atoms with Crippen LogP contribution in [0.25, 0.3) is 0 Å². The Kier molecular flexibility index (Phi) is 5.58. The van der Waals surface area contributed by atoms with Gasteiger partial charge in [-0.1, -0.05) is 48.0 Å². The van der Waals surface area contributed by atoms with Crippen molar-refractivity contribution in [3.05, 3.63) is 64.7 Å². The number of nitrogens with zero attached hydrogens (tertiary/aromatic N) is 1. The van der Waals surface area contributed by atoms with Gasteiger partial charge in [0.15, 0.2) is 0 Å². The molecule has 2 rings (SSSR count). The molecule has 0 unspecified atom stereocenters. The number of aryl methyl sites for hydroxylation is 1. The van der Waals surface area contributed by atoms with E-state index in [-0.39, 0.29) is 29.6 Å². The number of nitrogens with two attached hydrogens (primary N) is 1. The first kappa shape index (κ1) is 17.0. The van der Waals surface area contributed by atoms with Crippen LogP contribution in [-0.4, -0.2) is 25.8 Å². The van der Waals surface area contributed by atoms with E-state index >= 15 is 0 Å². The van der Waals surface area contributed by atoms with Gasteiger partial charge in [0.2, 0.25) is 10.0 Å². The topological polar surface area (TPSA) is 63.4 Å². The van der Waals surface area contributed by atoms with E-state index in [0.29, 0.717) is 0 Å². The van der Waals surface area contributed by atoms with E-state index in [0.717, 1.165) is 11.1 Å². The van der Waals surface area contributed by atoms with E-state index in [1.165, 1.54) is 4.31 Å². The number of halogens is 1. The van der Waals surface area contributed by atoms with Gasteiger partial charge in [0.1, 0.15) is 4.90 Å². The van der Waals surface area contributed by atoms with Crippen molar-refractivity contribution in [1.29, 1.82) is 0 Å². The van der Waals surface area contributed by atoms with Gasteiger partial charge in [-0.2, -0.15) is 4.31 Å². The van der Waals surface area contributed by atoms with E-state index in [1.807, 2.05) is 37.3 Å². The van der Waals surface area contributed by atoms with E-state index in [4.69, 9.17) is 17.3 Å². The van der Waals surface area contributed by atoms with Gasteiger partial charge in [-0.15, -0.1) is 0 Å². The van der Waals surface area contributed by atoms with Gasteiger partial charge < -0.3 is 5.73 Å². The second-order valence-electron chi connectivity index (χ2n) is 5.05. The zero-order chi connectivity index (χ0) is 16.2. The van der Waals surface area contributed by atoms with Crippen LogP contribution in [0.4, 0.5) is 0 Å². The summed E-state index contributed by atoms with van der Waals surface area (Å²) in [5.41, 5.74) is 7.40. The SMILES string of the molecule is Cc1ccc(S(=O)(=O)N(CCN)Cc2ccccc2)c(Cl)c1. The number of hydrogen-bond donors (Lipinski definition) is 1. The van der Waals surface area contributed by atoms with Crippen molar-refractivity contribution in [3.63, 3.8) is 0 Å². The van der Waals surface area contributed by atoms with Crippen molar-refractivity contribution in [3.8, 4) is 0 Å². The number of hydrogen-bond acceptors (Lipinski definition) is 3. The number of sulfonamides is 1. The Morgan fingerprint density at radius 1 is 1.14 bits per heavy atom. The zero-order valence-electron chi connectivity index (χ0n) is 12.4. The van der Waals surface area contributed by atoms with Crippen LogP contribution < -0.4 is 5.73 Å². The molecule has 22 heavy (non-hydrogen) atoms. The Morgan fingerprint density at radius 3 is 2.41 bits per heavy atom. The molecule has 0 aliphatic heterocycles. The summed E-state index contributed by atoms with van der Waals surface area (Å²) in [4.78, 5) is 0.115. The predicted molar refractivity (Wildman–Crippen MR) is 89.3 cm³/mol. The molecular formula is C16H19ClN2O2S. The van der Waals surface area contributed by atoms with Gasteiger partial charge >= 0.3 is 0 Å². The molecule has 6 heteroatoms. The number of rotatable bonds is 6. The molecule has 0 saturated carbocycles. The molecule has 0 saturated heterocycles. The van der Waals surface area contributed by atoms with Gasteiger partial charge in [-0.25, -0.2) is 8.42 Å². The summed E-state index contributed by atoms with van der Waals surface area (Å²) in [6.45, 7) is 2.62. The van der Waals surface area contributed by atoms with E-state index in [2.05, 4.69) is 0 Å². The molecule has 0 atom stereocenters. The molecule has 0 fully saturated rings. The Hall–Kier alpha value is -1.40. The minimum atomic E-state index is -3.69. The highest BCUT2D eigenvalue weighted by atomic mass is 35.5. The molecule has 4 nitrogen and oxygen atoms in total. The van der Waals surface area contributed by atoms with Crippen molar-refractivity contribution in [2.75, 3.05) is 13.1 Å². The largest absolute Gasteiger partial charge is 0.329 e. The fourth-order valence-electron chi connectivity index (χ4n) is 2.17. The molecule has 0 spiro atoms. The summed E-state index contributed by atoms with van der Waals surface area (Å²) in [5, 5.41) is 0.232. The average molecular weight is 339 g/mol. The van der Waals surface area contributed by atoms with Crippen LogP contribution in [0.1, 0.15) is 11.1 Å². The minimum Gasteiger partial charge on any atom is -0.329 e. The lowest BCUT2D eigenvalue weighted by Gasteiger charge is -2.22. The van der Waals surface area contributed by atoms with E-state index in [9.17, 15) is 8.42 Å². The Balaban J connectivity index is 2.37. The molecule has 0 aromatic heterocycles. The fraction of sp³-hybridized carbons (Fsp3) is 0.250. The lowest BCUT2D eigenvalue weighted by Crippen LogP contribution is -2.35. The summed E-state index contributed by atoms with van der Waals surface area (Å²) in [5.74, 6) is 0. The molecule has 2 aromatic carbocycles. The third kappa shape index (κ3) is 3.87. The quantitative estimate of drug-likeness (QED) is 0.880. The highest BCUT2D eigenvalue weighted by Crippen LogP contribution is 2.26. The van der Waals surface area contributed by atoms with Gasteiger partial charge in [0.05, 0.1) is 5.02 Å². The molecular weight excluding hydrogens is 320 g/mol. The lowest BCUT2D eigenvalue weighted by molar-refractivity contribution is 0.414. The van der Waals surface area contributed by atoms with Crippen molar-refractivity contribution in [1.82, 2.24) is 4.31 Å². The van der Waals surface area contributed by atoms with Crippen molar-refractivity contribution < 1.29 is 8.42 Å². The van der Waals surface area contributed by atoms with Crippen LogP contribution in [0.15, 0.2) is 53.4 Å². The Labute approximate surface area is 136 Å². The second-order valence-corrected chi connectivity index (χ2v) is 7.36. The second kappa shape index (κ2) is 7.24. The molecule has 0 bridgehead atoms. The molecule has 0 radical (unpaired) electrons.